The van der Waals surface area contributed by atoms with Crippen LogP contribution in [0.4, 0.5) is 0 Å². The number of ether oxygens (including phenoxy) is 19. The summed E-state index contributed by atoms with van der Waals surface area (Å²) in [6.45, 7) is 19.5. The molecule has 0 aliphatic heterocycles. The Bertz CT molecular complexity index is 728. The van der Waals surface area contributed by atoms with Crippen molar-refractivity contribution in [3.63, 3.8) is 0 Å². The van der Waals surface area contributed by atoms with Gasteiger partial charge in [-0.05, 0) is 12.0 Å². The summed E-state index contributed by atoms with van der Waals surface area (Å²) in [6.07, 6.45) is 1.88. The molecule has 0 aromatic carbocycles. The normalized spacial score (nSPS) is 11.7. The Kier molecular flexibility index (Phi) is 61.0. The quantitative estimate of drug-likeness (QED) is 0.0655. The lowest BCUT2D eigenvalue weighted by Crippen LogP contribution is -2.16. The van der Waals surface area contributed by atoms with Crippen molar-refractivity contribution in [1.82, 2.24) is 0 Å². The SMILES string of the molecule is CSOCCOCCOCCOCCOCCOCCOCCOCCOCCOCCOCCOCCOCCOCCOCCOCCOCCOCCOCCOCCO. The van der Waals surface area contributed by atoms with Crippen LogP contribution in [0.1, 0.15) is 0 Å². The molecule has 380 valence electrons. The summed E-state index contributed by atoms with van der Waals surface area (Å²) >= 11 is 1.33. The zero-order chi connectivity index (χ0) is 45.1. The molecule has 0 unspecified atom stereocenters. The van der Waals surface area contributed by atoms with Crippen molar-refractivity contribution in [1.29, 1.82) is 0 Å². The number of rotatable bonds is 60. The van der Waals surface area contributed by atoms with Gasteiger partial charge >= 0.3 is 0 Å². The van der Waals surface area contributed by atoms with Crippen LogP contribution < -0.4 is 0 Å². The van der Waals surface area contributed by atoms with E-state index in [1.807, 2.05) is 6.26 Å². The average molecular weight is 945 g/mol. The van der Waals surface area contributed by atoms with Crippen LogP contribution in [-0.4, -0.2) is 276 Å². The Labute approximate surface area is 381 Å². The molecule has 0 aromatic rings. The minimum absolute atomic E-state index is 0.0201. The Morgan fingerprint density at radius 1 is 0.190 bits per heavy atom. The lowest BCUT2D eigenvalue weighted by molar-refractivity contribution is -0.0313. The van der Waals surface area contributed by atoms with Gasteiger partial charge in [-0.15, -0.1) is 0 Å². The molecule has 0 radical (unpaired) electrons. The van der Waals surface area contributed by atoms with Gasteiger partial charge in [0, 0.05) is 6.26 Å². The van der Waals surface area contributed by atoms with E-state index in [-0.39, 0.29) is 6.61 Å². The van der Waals surface area contributed by atoms with Gasteiger partial charge in [-0.3, -0.25) is 0 Å². The van der Waals surface area contributed by atoms with Crippen LogP contribution in [-0.2, 0) is 94.2 Å². The minimum atomic E-state index is 0.0201. The largest absolute Gasteiger partial charge is 0.394 e. The predicted octanol–water partition coefficient (Wildman–Crippen LogP) is 0.589. The lowest BCUT2D eigenvalue weighted by atomic mass is 10.6. The lowest BCUT2D eigenvalue weighted by Gasteiger charge is -2.09. The standard InChI is InChI=1S/C41H84O21S/c1-63-62-41-40-61-39-38-60-37-36-59-35-34-58-33-32-57-31-30-56-29-28-55-27-26-54-25-24-53-23-22-52-21-20-51-19-18-50-17-16-49-15-14-48-13-12-47-11-10-46-9-8-45-7-6-44-5-4-43-3-2-42/h42H,2-41H2,1H3. The molecule has 0 aromatic heterocycles. The van der Waals surface area contributed by atoms with Gasteiger partial charge < -0.3 is 99.3 Å². The second-order valence-electron chi connectivity index (χ2n) is 12.3. The van der Waals surface area contributed by atoms with Gasteiger partial charge in [0.15, 0.2) is 0 Å². The molecule has 63 heavy (non-hydrogen) atoms. The Morgan fingerprint density at radius 2 is 0.302 bits per heavy atom. The molecule has 0 saturated heterocycles. The van der Waals surface area contributed by atoms with Crippen molar-refractivity contribution in [3.8, 4) is 0 Å². The topological polar surface area (TPSA) is 205 Å². The van der Waals surface area contributed by atoms with Crippen molar-refractivity contribution in [2.45, 2.75) is 0 Å². The van der Waals surface area contributed by atoms with Crippen LogP contribution in [0.2, 0.25) is 0 Å². The third kappa shape index (κ3) is 61.5. The molecule has 0 heterocycles. The van der Waals surface area contributed by atoms with E-state index in [1.165, 1.54) is 12.0 Å². The predicted molar refractivity (Wildman–Crippen MR) is 232 cm³/mol. The summed E-state index contributed by atoms with van der Waals surface area (Å²) in [5.74, 6) is 0. The first-order valence-electron chi connectivity index (χ1n) is 22.1. The summed E-state index contributed by atoms with van der Waals surface area (Å²) in [7, 11) is 0. The van der Waals surface area contributed by atoms with E-state index >= 15 is 0 Å². The Hall–Kier alpha value is -0.490. The number of aliphatic hydroxyl groups excluding tert-OH is 1. The highest BCUT2D eigenvalue weighted by Gasteiger charge is 1.99. The summed E-state index contributed by atoms with van der Waals surface area (Å²) in [5.41, 5.74) is 0. The molecule has 0 aliphatic rings. The zero-order valence-electron chi connectivity index (χ0n) is 38.3. The number of hydrogen-bond donors (Lipinski definition) is 1. The van der Waals surface area contributed by atoms with E-state index in [4.69, 9.17) is 99.3 Å². The molecule has 0 bridgehead atoms. The van der Waals surface area contributed by atoms with E-state index in [0.29, 0.717) is 258 Å². The highest BCUT2D eigenvalue weighted by molar-refractivity contribution is 7.93. The van der Waals surface area contributed by atoms with Gasteiger partial charge in [-0.1, -0.05) is 0 Å². The van der Waals surface area contributed by atoms with Gasteiger partial charge in [0.05, 0.1) is 264 Å². The first-order valence-corrected chi connectivity index (χ1v) is 23.3. The van der Waals surface area contributed by atoms with E-state index < -0.39 is 0 Å². The van der Waals surface area contributed by atoms with Gasteiger partial charge in [0.1, 0.15) is 0 Å². The van der Waals surface area contributed by atoms with Crippen molar-refractivity contribution >= 4 is 12.0 Å². The Balaban J connectivity index is 3.06. The molecule has 21 nitrogen and oxygen atoms in total. The number of aliphatic hydroxyl groups is 1. The van der Waals surface area contributed by atoms with Crippen molar-refractivity contribution in [2.24, 2.45) is 0 Å². The van der Waals surface area contributed by atoms with E-state index in [1.54, 1.807) is 0 Å². The summed E-state index contributed by atoms with van der Waals surface area (Å²) < 4.78 is 109. The molecule has 22 heteroatoms. The maximum atomic E-state index is 8.60. The van der Waals surface area contributed by atoms with E-state index in [9.17, 15) is 0 Å². The first kappa shape index (κ1) is 62.5. The average Bonchev–Trinajstić information content (AvgIpc) is 3.29. The molecule has 0 rings (SSSR count). The van der Waals surface area contributed by atoms with Crippen molar-refractivity contribution in [3.05, 3.63) is 0 Å². The smallest absolute Gasteiger partial charge is 0.0847 e. The number of hydrogen-bond acceptors (Lipinski definition) is 22. The molecule has 1 N–H and O–H groups in total. The summed E-state index contributed by atoms with van der Waals surface area (Å²) in [5, 5.41) is 8.60. The van der Waals surface area contributed by atoms with Gasteiger partial charge in [0.25, 0.3) is 0 Å². The maximum absolute atomic E-state index is 8.60. The maximum Gasteiger partial charge on any atom is 0.0847 e. The fourth-order valence-corrected chi connectivity index (χ4v) is 4.54. The van der Waals surface area contributed by atoms with Gasteiger partial charge in [-0.2, -0.15) is 0 Å². The van der Waals surface area contributed by atoms with Crippen LogP contribution in [0.5, 0.6) is 0 Å². The summed E-state index contributed by atoms with van der Waals surface area (Å²) in [6, 6.07) is 0. The second-order valence-corrected chi connectivity index (χ2v) is 12.9. The van der Waals surface area contributed by atoms with Crippen molar-refractivity contribution in [2.75, 3.05) is 271 Å². The first-order chi connectivity index (χ1) is 31.4. The monoisotopic (exact) mass is 945 g/mol. The fraction of sp³-hybridized carbons (Fsp3) is 1.00. The molecular formula is C41H84O21S. The van der Waals surface area contributed by atoms with Crippen LogP contribution in [0.15, 0.2) is 0 Å². The highest BCUT2D eigenvalue weighted by atomic mass is 32.2. The third-order valence-electron chi connectivity index (χ3n) is 7.36. The van der Waals surface area contributed by atoms with Crippen LogP contribution in [0.3, 0.4) is 0 Å². The van der Waals surface area contributed by atoms with Gasteiger partial charge in [-0.25, -0.2) is 0 Å². The molecule has 0 saturated carbocycles. The Morgan fingerprint density at radius 3 is 0.413 bits per heavy atom. The molecule has 0 aliphatic carbocycles. The van der Waals surface area contributed by atoms with E-state index in [2.05, 4.69) is 0 Å². The fourth-order valence-electron chi connectivity index (χ4n) is 4.30. The van der Waals surface area contributed by atoms with Crippen molar-refractivity contribution < 1.29 is 99.3 Å². The third-order valence-corrected chi connectivity index (χ3v) is 7.76. The molecule has 0 atom stereocenters. The van der Waals surface area contributed by atoms with E-state index in [0.717, 1.165) is 0 Å². The summed E-state index contributed by atoms with van der Waals surface area (Å²) in [4.78, 5) is 0. The van der Waals surface area contributed by atoms with Crippen LogP contribution in [0.25, 0.3) is 0 Å². The van der Waals surface area contributed by atoms with Crippen LogP contribution in [0, 0.1) is 0 Å². The minimum Gasteiger partial charge on any atom is -0.394 e. The molecule has 0 fully saturated rings. The molecule has 0 amide bonds. The molecule has 0 spiro atoms. The van der Waals surface area contributed by atoms with Crippen LogP contribution >= 0.6 is 12.0 Å². The highest BCUT2D eigenvalue weighted by Crippen LogP contribution is 1.93. The van der Waals surface area contributed by atoms with Gasteiger partial charge in [0.2, 0.25) is 0 Å². The second kappa shape index (κ2) is 61.5. The molecular weight excluding hydrogens is 860 g/mol. The zero-order valence-corrected chi connectivity index (χ0v) is 39.1.